The number of hydrogen-bond acceptors (Lipinski definition) is 4. The molecule has 2 rings (SSSR count). The van der Waals surface area contributed by atoms with Crippen LogP contribution in [0, 0.1) is 0 Å². The number of carbonyl (C=O) groups excluding carboxylic acids is 1. The van der Waals surface area contributed by atoms with Gasteiger partial charge < -0.3 is 4.74 Å². The van der Waals surface area contributed by atoms with Gasteiger partial charge in [-0.05, 0) is 25.1 Å². The highest BCUT2D eigenvalue weighted by atomic mass is 16.5. The maximum atomic E-state index is 11.5. The Hall–Kier alpha value is -2.17. The Labute approximate surface area is 92.7 Å². The van der Waals surface area contributed by atoms with Gasteiger partial charge in [0.05, 0.1) is 6.61 Å². The maximum Gasteiger partial charge on any atom is 0.356 e. The summed E-state index contributed by atoms with van der Waals surface area (Å²) in [5, 5.41) is 4.03. The van der Waals surface area contributed by atoms with Crippen molar-refractivity contribution >= 4 is 5.97 Å². The maximum absolute atomic E-state index is 11.5. The van der Waals surface area contributed by atoms with E-state index in [2.05, 4.69) is 10.1 Å². The van der Waals surface area contributed by atoms with E-state index in [1.54, 1.807) is 48.3 Å². The van der Waals surface area contributed by atoms with Gasteiger partial charge in [-0.2, -0.15) is 5.10 Å². The van der Waals surface area contributed by atoms with Gasteiger partial charge in [0.1, 0.15) is 0 Å². The first-order valence-electron chi connectivity index (χ1n) is 4.95. The predicted octanol–water partition coefficient (Wildman–Crippen LogP) is 1.44. The van der Waals surface area contributed by atoms with Crippen molar-refractivity contribution in [3.05, 3.63) is 42.4 Å². The van der Waals surface area contributed by atoms with Crippen molar-refractivity contribution in [2.24, 2.45) is 0 Å². The molecular formula is C11H11N3O2. The zero-order chi connectivity index (χ0) is 11.4. The molecule has 2 aromatic heterocycles. The van der Waals surface area contributed by atoms with E-state index in [4.69, 9.17) is 4.74 Å². The van der Waals surface area contributed by atoms with E-state index in [1.807, 2.05) is 0 Å². The van der Waals surface area contributed by atoms with E-state index in [9.17, 15) is 4.79 Å². The molecule has 16 heavy (non-hydrogen) atoms. The second-order valence-corrected chi connectivity index (χ2v) is 3.05. The van der Waals surface area contributed by atoms with Gasteiger partial charge in [0.25, 0.3) is 0 Å². The molecule has 5 heteroatoms. The summed E-state index contributed by atoms with van der Waals surface area (Å²) in [4.78, 5) is 15.6. The molecule has 0 aromatic carbocycles. The molecule has 0 aliphatic carbocycles. The van der Waals surface area contributed by atoms with Gasteiger partial charge in [-0.15, -0.1) is 0 Å². The lowest BCUT2D eigenvalue weighted by molar-refractivity contribution is 0.0519. The second-order valence-electron chi connectivity index (χ2n) is 3.05. The van der Waals surface area contributed by atoms with Crippen molar-refractivity contribution in [2.75, 3.05) is 6.61 Å². The highest BCUT2D eigenvalue weighted by molar-refractivity contribution is 5.87. The highest BCUT2D eigenvalue weighted by Gasteiger charge is 2.09. The number of pyridine rings is 1. The van der Waals surface area contributed by atoms with Crippen LogP contribution in [0.3, 0.4) is 0 Å². The largest absolute Gasteiger partial charge is 0.461 e. The number of nitrogens with zero attached hydrogens (tertiary/aromatic N) is 3. The molecule has 0 aliphatic heterocycles. The van der Waals surface area contributed by atoms with Crippen LogP contribution in [0.4, 0.5) is 0 Å². The zero-order valence-corrected chi connectivity index (χ0v) is 8.83. The Balaban J connectivity index is 2.30. The van der Waals surface area contributed by atoms with Crippen molar-refractivity contribution in [3.63, 3.8) is 0 Å². The number of esters is 1. The molecule has 0 fully saturated rings. The van der Waals surface area contributed by atoms with Crippen molar-refractivity contribution in [2.45, 2.75) is 6.92 Å². The standard InChI is InChI=1S/C11H11N3O2/c1-2-16-11(15)9-5-3-6-10(13-9)14-8-4-7-12-14/h3-8H,2H2,1H3. The fourth-order valence-electron chi connectivity index (χ4n) is 1.27. The van der Waals surface area contributed by atoms with Gasteiger partial charge in [-0.1, -0.05) is 6.07 Å². The van der Waals surface area contributed by atoms with E-state index in [1.165, 1.54) is 0 Å². The molecule has 5 nitrogen and oxygen atoms in total. The van der Waals surface area contributed by atoms with Gasteiger partial charge in [0, 0.05) is 12.4 Å². The average molecular weight is 217 g/mol. The smallest absolute Gasteiger partial charge is 0.356 e. The first-order chi connectivity index (χ1) is 7.81. The van der Waals surface area contributed by atoms with E-state index < -0.39 is 5.97 Å². The molecule has 0 spiro atoms. The first-order valence-corrected chi connectivity index (χ1v) is 4.95. The SMILES string of the molecule is CCOC(=O)c1cccc(-n2cccn2)n1. The quantitative estimate of drug-likeness (QED) is 0.730. The first kappa shape index (κ1) is 10.4. The number of aromatic nitrogens is 3. The van der Waals surface area contributed by atoms with Crippen molar-refractivity contribution in [3.8, 4) is 5.82 Å². The Bertz CT molecular complexity index is 480. The fraction of sp³-hybridized carbons (Fsp3) is 0.182. The van der Waals surface area contributed by atoms with Crippen LogP contribution in [0.2, 0.25) is 0 Å². The van der Waals surface area contributed by atoms with Crippen molar-refractivity contribution < 1.29 is 9.53 Å². The third-order valence-electron chi connectivity index (χ3n) is 1.96. The van der Waals surface area contributed by atoms with Gasteiger partial charge >= 0.3 is 5.97 Å². The summed E-state index contributed by atoms with van der Waals surface area (Å²) in [5.41, 5.74) is 0.287. The Morgan fingerprint density at radius 1 is 1.44 bits per heavy atom. The summed E-state index contributed by atoms with van der Waals surface area (Å²) >= 11 is 0. The number of carbonyl (C=O) groups is 1. The minimum absolute atomic E-state index is 0.287. The van der Waals surface area contributed by atoms with Crippen LogP contribution in [-0.2, 0) is 4.74 Å². The Morgan fingerprint density at radius 3 is 3.00 bits per heavy atom. The summed E-state index contributed by atoms with van der Waals surface area (Å²) in [5.74, 6) is 0.173. The lowest BCUT2D eigenvalue weighted by atomic mass is 10.3. The van der Waals surface area contributed by atoms with Crippen LogP contribution in [0.5, 0.6) is 0 Å². The summed E-state index contributed by atoms with van der Waals surface area (Å²) < 4.78 is 6.46. The van der Waals surface area contributed by atoms with E-state index in [-0.39, 0.29) is 5.69 Å². The van der Waals surface area contributed by atoms with E-state index in [0.29, 0.717) is 12.4 Å². The average Bonchev–Trinajstić information content (AvgIpc) is 2.83. The predicted molar refractivity (Wildman–Crippen MR) is 57.3 cm³/mol. The Morgan fingerprint density at radius 2 is 2.31 bits per heavy atom. The van der Waals surface area contributed by atoms with E-state index >= 15 is 0 Å². The third kappa shape index (κ3) is 2.08. The summed E-state index contributed by atoms with van der Waals surface area (Å²) in [6.45, 7) is 2.10. The molecule has 2 heterocycles. The third-order valence-corrected chi connectivity index (χ3v) is 1.96. The number of ether oxygens (including phenoxy) is 1. The summed E-state index contributed by atoms with van der Waals surface area (Å²) in [6.07, 6.45) is 3.41. The van der Waals surface area contributed by atoms with Crippen LogP contribution in [0.15, 0.2) is 36.7 Å². The highest BCUT2D eigenvalue weighted by Crippen LogP contribution is 2.05. The van der Waals surface area contributed by atoms with Crippen LogP contribution >= 0.6 is 0 Å². The molecule has 0 saturated heterocycles. The molecule has 0 saturated carbocycles. The monoisotopic (exact) mass is 217 g/mol. The van der Waals surface area contributed by atoms with Crippen LogP contribution < -0.4 is 0 Å². The topological polar surface area (TPSA) is 57.0 Å². The molecule has 2 aromatic rings. The molecule has 0 unspecified atom stereocenters. The van der Waals surface area contributed by atoms with Gasteiger partial charge in [0.15, 0.2) is 11.5 Å². The molecule has 0 bridgehead atoms. The second kappa shape index (κ2) is 4.57. The minimum Gasteiger partial charge on any atom is -0.461 e. The molecule has 0 aliphatic rings. The molecule has 0 N–H and O–H groups in total. The Kier molecular flexibility index (Phi) is 2.95. The normalized spacial score (nSPS) is 10.1. The lowest BCUT2D eigenvalue weighted by Gasteiger charge is -2.03. The lowest BCUT2D eigenvalue weighted by Crippen LogP contribution is -2.09. The molecular weight excluding hydrogens is 206 g/mol. The van der Waals surface area contributed by atoms with Gasteiger partial charge in [0.2, 0.25) is 0 Å². The van der Waals surface area contributed by atoms with E-state index in [0.717, 1.165) is 0 Å². The summed E-state index contributed by atoms with van der Waals surface area (Å²) in [7, 11) is 0. The van der Waals surface area contributed by atoms with Crippen LogP contribution in [-0.4, -0.2) is 27.3 Å². The molecule has 0 amide bonds. The number of hydrogen-bond donors (Lipinski definition) is 0. The summed E-state index contributed by atoms with van der Waals surface area (Å²) in [6, 6.07) is 6.93. The minimum atomic E-state index is -0.420. The molecule has 0 atom stereocenters. The van der Waals surface area contributed by atoms with Crippen LogP contribution in [0.1, 0.15) is 17.4 Å². The van der Waals surface area contributed by atoms with Gasteiger partial charge in [-0.3, -0.25) is 0 Å². The van der Waals surface area contributed by atoms with Gasteiger partial charge in [-0.25, -0.2) is 14.5 Å². The molecule has 0 radical (unpaired) electrons. The zero-order valence-electron chi connectivity index (χ0n) is 8.83. The molecule has 82 valence electrons. The van der Waals surface area contributed by atoms with Crippen molar-refractivity contribution in [1.82, 2.24) is 14.8 Å². The number of rotatable bonds is 3. The van der Waals surface area contributed by atoms with Crippen LogP contribution in [0.25, 0.3) is 5.82 Å². The van der Waals surface area contributed by atoms with Crippen molar-refractivity contribution in [1.29, 1.82) is 0 Å². The fourth-order valence-corrected chi connectivity index (χ4v) is 1.27.